The molecule has 21 heavy (non-hydrogen) atoms. The molecule has 0 aromatic heterocycles. The van der Waals surface area contributed by atoms with Gasteiger partial charge in [-0.15, -0.1) is 0 Å². The van der Waals surface area contributed by atoms with Crippen molar-refractivity contribution in [2.45, 2.75) is 40.0 Å². The molecule has 0 spiro atoms. The van der Waals surface area contributed by atoms with Gasteiger partial charge in [-0.2, -0.15) is 0 Å². The van der Waals surface area contributed by atoms with Crippen molar-refractivity contribution in [2.75, 3.05) is 0 Å². The van der Waals surface area contributed by atoms with Crippen LogP contribution < -0.4 is 0 Å². The van der Waals surface area contributed by atoms with E-state index in [2.05, 4.69) is 63.8 Å². The zero-order valence-electron chi connectivity index (χ0n) is 13.4. The lowest BCUT2D eigenvalue weighted by molar-refractivity contribution is 0.710. The summed E-state index contributed by atoms with van der Waals surface area (Å²) in [5.74, 6) is 0.552. The molecule has 0 fully saturated rings. The van der Waals surface area contributed by atoms with Gasteiger partial charge in [0.1, 0.15) is 0 Å². The van der Waals surface area contributed by atoms with Gasteiger partial charge < -0.3 is 0 Å². The SMILES string of the molecule is C=C(C)c1cccc(C2=CC3=C(CCC/C3=C\C)C2C)c1. The van der Waals surface area contributed by atoms with Gasteiger partial charge in [-0.3, -0.25) is 0 Å². The molecule has 0 saturated heterocycles. The topological polar surface area (TPSA) is 0 Å². The molecule has 108 valence electrons. The van der Waals surface area contributed by atoms with E-state index in [4.69, 9.17) is 0 Å². The first kappa shape index (κ1) is 14.1. The van der Waals surface area contributed by atoms with Gasteiger partial charge in [-0.1, -0.05) is 55.0 Å². The van der Waals surface area contributed by atoms with Crippen molar-refractivity contribution < 1.29 is 0 Å². The summed E-state index contributed by atoms with van der Waals surface area (Å²) in [6, 6.07) is 8.83. The van der Waals surface area contributed by atoms with Crippen molar-refractivity contribution in [1.82, 2.24) is 0 Å². The molecule has 1 aromatic carbocycles. The summed E-state index contributed by atoms with van der Waals surface area (Å²) in [5, 5.41) is 0. The largest absolute Gasteiger partial charge is 0.0955 e. The van der Waals surface area contributed by atoms with Crippen molar-refractivity contribution in [1.29, 1.82) is 0 Å². The molecule has 0 N–H and O–H groups in total. The van der Waals surface area contributed by atoms with Crippen molar-refractivity contribution in [2.24, 2.45) is 5.92 Å². The van der Waals surface area contributed by atoms with E-state index in [1.54, 1.807) is 5.57 Å². The van der Waals surface area contributed by atoms with E-state index >= 15 is 0 Å². The lowest BCUT2D eigenvalue weighted by atomic mass is 9.84. The van der Waals surface area contributed by atoms with Crippen molar-refractivity contribution in [3.05, 3.63) is 70.8 Å². The minimum absolute atomic E-state index is 0.552. The first-order valence-corrected chi connectivity index (χ1v) is 7.98. The van der Waals surface area contributed by atoms with E-state index in [9.17, 15) is 0 Å². The monoisotopic (exact) mass is 276 g/mol. The highest BCUT2D eigenvalue weighted by atomic mass is 14.3. The Bertz CT molecular complexity index is 680. The number of rotatable bonds is 2. The fourth-order valence-electron chi connectivity index (χ4n) is 3.65. The molecule has 0 bridgehead atoms. The third-order valence-electron chi connectivity index (χ3n) is 4.91. The molecular formula is C21H24. The van der Waals surface area contributed by atoms with Crippen LogP contribution in [0, 0.1) is 5.92 Å². The molecule has 0 saturated carbocycles. The fraction of sp³-hybridized carbons (Fsp3) is 0.333. The van der Waals surface area contributed by atoms with E-state index in [0.29, 0.717) is 5.92 Å². The summed E-state index contributed by atoms with van der Waals surface area (Å²) in [6.45, 7) is 10.7. The Morgan fingerprint density at radius 2 is 2.10 bits per heavy atom. The zero-order valence-corrected chi connectivity index (χ0v) is 13.4. The molecule has 0 radical (unpaired) electrons. The predicted molar refractivity (Wildman–Crippen MR) is 92.9 cm³/mol. The van der Waals surface area contributed by atoms with Crippen LogP contribution in [0.2, 0.25) is 0 Å². The lowest BCUT2D eigenvalue weighted by Crippen LogP contribution is -2.04. The molecule has 0 nitrogen and oxygen atoms in total. The Hall–Kier alpha value is -1.82. The van der Waals surface area contributed by atoms with Crippen LogP contribution in [0.1, 0.15) is 51.2 Å². The van der Waals surface area contributed by atoms with Gasteiger partial charge in [0.15, 0.2) is 0 Å². The molecule has 1 atom stereocenters. The lowest BCUT2D eigenvalue weighted by Gasteiger charge is -2.21. The normalized spacial score (nSPS) is 23.3. The molecule has 2 aliphatic carbocycles. The molecular weight excluding hydrogens is 252 g/mol. The maximum atomic E-state index is 4.07. The van der Waals surface area contributed by atoms with E-state index in [1.165, 1.54) is 47.1 Å². The number of hydrogen-bond acceptors (Lipinski definition) is 0. The highest BCUT2D eigenvalue weighted by molar-refractivity contribution is 5.80. The van der Waals surface area contributed by atoms with Gasteiger partial charge in [0.2, 0.25) is 0 Å². The Morgan fingerprint density at radius 1 is 1.29 bits per heavy atom. The second-order valence-electron chi connectivity index (χ2n) is 6.29. The molecule has 0 aliphatic heterocycles. The fourth-order valence-corrected chi connectivity index (χ4v) is 3.65. The Morgan fingerprint density at radius 3 is 2.81 bits per heavy atom. The molecule has 1 unspecified atom stereocenters. The summed E-state index contributed by atoms with van der Waals surface area (Å²) >= 11 is 0. The average molecular weight is 276 g/mol. The maximum absolute atomic E-state index is 4.07. The number of allylic oxidation sites excluding steroid dienone is 7. The van der Waals surface area contributed by atoms with Crippen molar-refractivity contribution in [3.63, 3.8) is 0 Å². The van der Waals surface area contributed by atoms with Gasteiger partial charge in [0, 0.05) is 5.92 Å². The standard InChI is InChI=1S/C21H24/c1-5-16-8-7-11-19-15(4)20(13-21(16)19)18-10-6-9-17(12-18)14(2)3/h5-6,9-10,12-13,15H,2,7-8,11H2,1,3-4H3/b16-5+. The van der Waals surface area contributed by atoms with Crippen LogP contribution >= 0.6 is 0 Å². The third-order valence-corrected chi connectivity index (χ3v) is 4.91. The van der Waals surface area contributed by atoms with Gasteiger partial charge in [0.05, 0.1) is 0 Å². The van der Waals surface area contributed by atoms with E-state index in [0.717, 1.165) is 5.57 Å². The van der Waals surface area contributed by atoms with Crippen LogP contribution in [0.3, 0.4) is 0 Å². The zero-order chi connectivity index (χ0) is 15.0. The molecule has 0 heterocycles. The summed E-state index contributed by atoms with van der Waals surface area (Å²) in [6.07, 6.45) is 8.53. The average Bonchev–Trinajstić information content (AvgIpc) is 2.85. The molecule has 0 heteroatoms. The first-order valence-electron chi connectivity index (χ1n) is 7.98. The number of benzene rings is 1. The van der Waals surface area contributed by atoms with E-state index in [1.807, 2.05) is 0 Å². The van der Waals surface area contributed by atoms with Crippen LogP contribution in [0.5, 0.6) is 0 Å². The Kier molecular flexibility index (Phi) is 3.71. The van der Waals surface area contributed by atoms with Crippen LogP contribution in [-0.4, -0.2) is 0 Å². The molecule has 1 aromatic rings. The van der Waals surface area contributed by atoms with Crippen LogP contribution in [0.4, 0.5) is 0 Å². The third kappa shape index (κ3) is 2.44. The van der Waals surface area contributed by atoms with E-state index in [-0.39, 0.29) is 0 Å². The van der Waals surface area contributed by atoms with E-state index < -0.39 is 0 Å². The van der Waals surface area contributed by atoms with Crippen LogP contribution in [0.25, 0.3) is 11.1 Å². The van der Waals surface area contributed by atoms with Gasteiger partial charge in [-0.25, -0.2) is 0 Å². The minimum atomic E-state index is 0.552. The minimum Gasteiger partial charge on any atom is -0.0955 e. The van der Waals surface area contributed by atoms with Crippen LogP contribution in [-0.2, 0) is 0 Å². The summed E-state index contributed by atoms with van der Waals surface area (Å²) in [4.78, 5) is 0. The van der Waals surface area contributed by atoms with Crippen molar-refractivity contribution in [3.8, 4) is 0 Å². The summed E-state index contributed by atoms with van der Waals surface area (Å²) < 4.78 is 0. The number of hydrogen-bond donors (Lipinski definition) is 0. The second-order valence-corrected chi connectivity index (χ2v) is 6.29. The second kappa shape index (κ2) is 5.52. The molecule has 2 aliphatic rings. The van der Waals surface area contributed by atoms with Gasteiger partial charge >= 0.3 is 0 Å². The highest BCUT2D eigenvalue weighted by Gasteiger charge is 2.28. The smallest absolute Gasteiger partial charge is 0.00350 e. The summed E-state index contributed by atoms with van der Waals surface area (Å²) in [7, 11) is 0. The van der Waals surface area contributed by atoms with Crippen molar-refractivity contribution >= 4 is 11.1 Å². The molecule has 0 amide bonds. The van der Waals surface area contributed by atoms with Gasteiger partial charge in [-0.05, 0) is 67.0 Å². The Balaban J connectivity index is 2.02. The highest BCUT2D eigenvalue weighted by Crippen LogP contribution is 2.46. The quantitative estimate of drug-likeness (QED) is 0.605. The predicted octanol–water partition coefficient (Wildman–Crippen LogP) is 6.18. The Labute approximate surface area is 128 Å². The van der Waals surface area contributed by atoms with Crippen LogP contribution in [0.15, 0.2) is 59.7 Å². The summed E-state index contributed by atoms with van der Waals surface area (Å²) in [5.41, 5.74) is 9.91. The molecule has 3 rings (SSSR count). The maximum Gasteiger partial charge on any atom is 0.00350 e. The van der Waals surface area contributed by atoms with Gasteiger partial charge in [0.25, 0.3) is 0 Å². The first-order chi connectivity index (χ1) is 10.1.